The maximum Gasteiger partial charge on any atom is 0.218 e. The lowest BCUT2D eigenvalue weighted by Gasteiger charge is -2.17. The molecule has 3 rings (SSSR count). The van der Waals surface area contributed by atoms with Crippen LogP contribution in [0.4, 0.5) is 5.82 Å². The Labute approximate surface area is 136 Å². The summed E-state index contributed by atoms with van der Waals surface area (Å²) in [6, 6.07) is 8.47. The number of anilines is 1. The second-order valence-electron chi connectivity index (χ2n) is 5.90. The molecule has 0 aromatic carbocycles. The summed E-state index contributed by atoms with van der Waals surface area (Å²) in [6.45, 7) is 5.21. The minimum Gasteiger partial charge on any atom is -0.481 e. The number of nitrogens with zero attached hydrogens (tertiary/aromatic N) is 4. The maximum absolute atomic E-state index is 5.13. The Kier molecular flexibility index (Phi) is 5.02. The monoisotopic (exact) mass is 313 g/mol. The zero-order chi connectivity index (χ0) is 16.1. The summed E-state index contributed by atoms with van der Waals surface area (Å²) in [4.78, 5) is 15.3. The summed E-state index contributed by atoms with van der Waals surface area (Å²) in [7, 11) is 1.61. The van der Waals surface area contributed by atoms with Gasteiger partial charge in [-0.2, -0.15) is 0 Å². The highest BCUT2D eigenvalue weighted by molar-refractivity contribution is 5.38. The number of aromatic nitrogens is 3. The van der Waals surface area contributed by atoms with Crippen molar-refractivity contribution in [2.75, 3.05) is 32.1 Å². The van der Waals surface area contributed by atoms with Crippen molar-refractivity contribution in [3.05, 3.63) is 42.0 Å². The third-order valence-corrected chi connectivity index (χ3v) is 4.11. The minimum atomic E-state index is 0.417. The van der Waals surface area contributed by atoms with Crippen molar-refractivity contribution in [1.82, 2.24) is 19.9 Å². The molecule has 2 aromatic rings. The van der Waals surface area contributed by atoms with E-state index in [9.17, 15) is 0 Å². The first-order valence-corrected chi connectivity index (χ1v) is 8.00. The SMILES string of the molecule is COc1cc(NC2CCN(CCc3cccc(C)n3)C2)ncn1. The molecule has 1 unspecified atom stereocenters. The summed E-state index contributed by atoms with van der Waals surface area (Å²) in [5.74, 6) is 1.41. The van der Waals surface area contributed by atoms with E-state index in [-0.39, 0.29) is 0 Å². The predicted octanol–water partition coefficient (Wildman–Crippen LogP) is 1.92. The third-order valence-electron chi connectivity index (χ3n) is 4.11. The van der Waals surface area contributed by atoms with Crippen LogP contribution in [0.2, 0.25) is 0 Å². The van der Waals surface area contributed by atoms with E-state index in [1.807, 2.05) is 19.1 Å². The molecule has 0 saturated carbocycles. The van der Waals surface area contributed by atoms with Crippen LogP contribution in [0, 0.1) is 6.92 Å². The summed E-state index contributed by atoms with van der Waals surface area (Å²) in [6.07, 6.45) is 3.64. The summed E-state index contributed by atoms with van der Waals surface area (Å²) >= 11 is 0. The number of nitrogens with one attached hydrogen (secondary N) is 1. The molecule has 3 heterocycles. The molecule has 0 aliphatic carbocycles. The molecule has 0 radical (unpaired) electrons. The van der Waals surface area contributed by atoms with Crippen LogP contribution in [-0.4, -0.2) is 52.6 Å². The summed E-state index contributed by atoms with van der Waals surface area (Å²) in [5.41, 5.74) is 2.25. The molecule has 6 heteroatoms. The fourth-order valence-corrected chi connectivity index (χ4v) is 2.90. The fraction of sp³-hybridized carbons (Fsp3) is 0.471. The van der Waals surface area contributed by atoms with Gasteiger partial charge in [-0.1, -0.05) is 6.07 Å². The quantitative estimate of drug-likeness (QED) is 0.879. The van der Waals surface area contributed by atoms with Gasteiger partial charge in [0, 0.05) is 49.6 Å². The van der Waals surface area contributed by atoms with Crippen LogP contribution in [0.1, 0.15) is 17.8 Å². The molecule has 1 aliphatic heterocycles. The van der Waals surface area contributed by atoms with Gasteiger partial charge in [-0.3, -0.25) is 4.98 Å². The van der Waals surface area contributed by atoms with Crippen LogP contribution in [0.5, 0.6) is 5.88 Å². The van der Waals surface area contributed by atoms with Gasteiger partial charge in [0.15, 0.2) is 0 Å². The zero-order valence-electron chi connectivity index (χ0n) is 13.7. The van der Waals surface area contributed by atoms with Crippen LogP contribution in [0.15, 0.2) is 30.6 Å². The molecule has 23 heavy (non-hydrogen) atoms. The molecule has 122 valence electrons. The van der Waals surface area contributed by atoms with E-state index in [4.69, 9.17) is 4.74 Å². The summed E-state index contributed by atoms with van der Waals surface area (Å²) in [5, 5.41) is 3.46. The second-order valence-corrected chi connectivity index (χ2v) is 5.90. The molecule has 1 fully saturated rings. The average molecular weight is 313 g/mol. The predicted molar refractivity (Wildman–Crippen MR) is 89.7 cm³/mol. The van der Waals surface area contributed by atoms with Crippen LogP contribution in [0.25, 0.3) is 0 Å². The van der Waals surface area contributed by atoms with Crippen LogP contribution < -0.4 is 10.1 Å². The number of hydrogen-bond acceptors (Lipinski definition) is 6. The average Bonchev–Trinajstić information content (AvgIpc) is 3.01. The Morgan fingerprint density at radius 3 is 3.09 bits per heavy atom. The van der Waals surface area contributed by atoms with E-state index in [0.717, 1.165) is 44.0 Å². The molecular formula is C17H23N5O. The van der Waals surface area contributed by atoms with Gasteiger partial charge in [-0.15, -0.1) is 0 Å². The van der Waals surface area contributed by atoms with Gasteiger partial charge in [0.25, 0.3) is 0 Å². The normalized spacial score (nSPS) is 18.1. The molecule has 0 amide bonds. The summed E-state index contributed by atoms with van der Waals surface area (Å²) < 4.78 is 5.13. The number of rotatable bonds is 6. The van der Waals surface area contributed by atoms with Crippen molar-refractivity contribution >= 4 is 5.82 Å². The Morgan fingerprint density at radius 2 is 2.26 bits per heavy atom. The van der Waals surface area contributed by atoms with Gasteiger partial charge >= 0.3 is 0 Å². The lowest BCUT2D eigenvalue weighted by Crippen LogP contribution is -2.28. The number of pyridine rings is 1. The van der Waals surface area contributed by atoms with Gasteiger partial charge in [-0.25, -0.2) is 9.97 Å². The zero-order valence-corrected chi connectivity index (χ0v) is 13.7. The number of methoxy groups -OCH3 is 1. The van der Waals surface area contributed by atoms with Crippen molar-refractivity contribution in [3.8, 4) is 5.88 Å². The Balaban J connectivity index is 1.48. The molecule has 0 bridgehead atoms. The highest BCUT2D eigenvalue weighted by atomic mass is 16.5. The van der Waals surface area contributed by atoms with E-state index < -0.39 is 0 Å². The van der Waals surface area contributed by atoms with Crippen molar-refractivity contribution in [2.45, 2.75) is 25.8 Å². The van der Waals surface area contributed by atoms with E-state index in [2.05, 4.69) is 37.3 Å². The number of likely N-dealkylation sites (tertiary alicyclic amines) is 1. The van der Waals surface area contributed by atoms with E-state index in [1.165, 1.54) is 12.0 Å². The van der Waals surface area contributed by atoms with Crippen molar-refractivity contribution in [3.63, 3.8) is 0 Å². The van der Waals surface area contributed by atoms with Crippen molar-refractivity contribution < 1.29 is 4.74 Å². The van der Waals surface area contributed by atoms with Crippen LogP contribution >= 0.6 is 0 Å². The van der Waals surface area contributed by atoms with Gasteiger partial charge in [0.2, 0.25) is 5.88 Å². The molecule has 1 aliphatic rings. The highest BCUT2D eigenvalue weighted by Gasteiger charge is 2.22. The fourth-order valence-electron chi connectivity index (χ4n) is 2.90. The van der Waals surface area contributed by atoms with Crippen molar-refractivity contribution in [2.24, 2.45) is 0 Å². The minimum absolute atomic E-state index is 0.417. The number of aryl methyl sites for hydroxylation is 1. The number of ether oxygens (including phenoxy) is 1. The molecule has 1 atom stereocenters. The van der Waals surface area contributed by atoms with Gasteiger partial charge in [0.05, 0.1) is 7.11 Å². The largest absolute Gasteiger partial charge is 0.481 e. The molecule has 1 N–H and O–H groups in total. The van der Waals surface area contributed by atoms with Gasteiger partial charge in [-0.05, 0) is 25.5 Å². The van der Waals surface area contributed by atoms with E-state index in [0.29, 0.717) is 11.9 Å². The van der Waals surface area contributed by atoms with Gasteiger partial charge in [0.1, 0.15) is 12.1 Å². The molecule has 0 spiro atoms. The number of hydrogen-bond donors (Lipinski definition) is 1. The topological polar surface area (TPSA) is 63.2 Å². The smallest absolute Gasteiger partial charge is 0.218 e. The second kappa shape index (κ2) is 7.37. The Bertz CT molecular complexity index is 648. The highest BCUT2D eigenvalue weighted by Crippen LogP contribution is 2.17. The lowest BCUT2D eigenvalue weighted by molar-refractivity contribution is 0.339. The third kappa shape index (κ3) is 4.39. The molecular weight excluding hydrogens is 290 g/mol. The first-order valence-electron chi connectivity index (χ1n) is 8.00. The van der Waals surface area contributed by atoms with E-state index in [1.54, 1.807) is 7.11 Å². The van der Waals surface area contributed by atoms with Crippen molar-refractivity contribution in [1.29, 1.82) is 0 Å². The lowest BCUT2D eigenvalue weighted by atomic mass is 10.2. The van der Waals surface area contributed by atoms with Crippen LogP contribution in [0.3, 0.4) is 0 Å². The maximum atomic E-state index is 5.13. The Morgan fingerprint density at radius 1 is 1.35 bits per heavy atom. The Hall–Kier alpha value is -2.21. The molecule has 6 nitrogen and oxygen atoms in total. The first-order chi connectivity index (χ1) is 11.2. The molecule has 1 saturated heterocycles. The van der Waals surface area contributed by atoms with Crippen LogP contribution in [-0.2, 0) is 6.42 Å². The van der Waals surface area contributed by atoms with E-state index >= 15 is 0 Å². The molecule has 2 aromatic heterocycles. The standard InChI is InChI=1S/C17H23N5O/c1-13-4-3-5-14(20-13)6-8-22-9-7-15(11-22)21-16-10-17(23-2)19-12-18-16/h3-5,10,12,15H,6-9,11H2,1-2H3,(H,18,19,21). The van der Waals surface area contributed by atoms with Gasteiger partial charge < -0.3 is 15.0 Å². The first kappa shape index (κ1) is 15.7.